The number of halogens is 1. The normalized spacial score (nSPS) is 11.4. The zero-order valence-electron chi connectivity index (χ0n) is 11.0. The Morgan fingerprint density at radius 2 is 2.25 bits per heavy atom. The molecule has 0 atom stereocenters. The van der Waals surface area contributed by atoms with Crippen molar-refractivity contribution in [1.82, 2.24) is 14.8 Å². The van der Waals surface area contributed by atoms with Crippen LogP contribution in [0.25, 0.3) is 5.57 Å². The highest BCUT2D eigenvalue weighted by atomic mass is 35.5. The van der Waals surface area contributed by atoms with Crippen LogP contribution in [-0.4, -0.2) is 27.3 Å². The van der Waals surface area contributed by atoms with E-state index in [9.17, 15) is 4.79 Å². The van der Waals surface area contributed by atoms with Gasteiger partial charge in [0.2, 0.25) is 0 Å². The molecule has 1 aromatic carbocycles. The molecule has 0 unspecified atom stereocenters. The molecule has 0 spiro atoms. The molecule has 6 heteroatoms. The lowest BCUT2D eigenvalue weighted by Gasteiger charge is -2.05. The van der Waals surface area contributed by atoms with Gasteiger partial charge in [0.05, 0.1) is 6.54 Å². The highest BCUT2D eigenvalue weighted by molar-refractivity contribution is 6.32. The molecule has 0 bridgehead atoms. The standard InChI is InChI=1S/C14H14ClN3O2/c1-11(12-4-2-3-5-13(12)15)8-14(19)20-7-6-18-10-16-9-17-18/h2-5,8-10H,6-7H2,1H3. The van der Waals surface area contributed by atoms with Gasteiger partial charge in [-0.3, -0.25) is 0 Å². The first-order valence-electron chi connectivity index (χ1n) is 6.09. The highest BCUT2D eigenvalue weighted by Gasteiger charge is 2.05. The number of aromatic nitrogens is 3. The molecule has 0 aliphatic heterocycles. The van der Waals surface area contributed by atoms with Crippen molar-refractivity contribution in [3.05, 3.63) is 53.6 Å². The van der Waals surface area contributed by atoms with Crippen LogP contribution in [-0.2, 0) is 16.1 Å². The molecular formula is C14H14ClN3O2. The van der Waals surface area contributed by atoms with Crippen molar-refractivity contribution in [2.24, 2.45) is 0 Å². The lowest BCUT2D eigenvalue weighted by atomic mass is 10.1. The first kappa shape index (κ1) is 14.3. The molecular weight excluding hydrogens is 278 g/mol. The summed E-state index contributed by atoms with van der Waals surface area (Å²) in [5.41, 5.74) is 1.59. The SMILES string of the molecule is CC(=CC(=O)OCCn1cncn1)c1ccccc1Cl. The van der Waals surface area contributed by atoms with Crippen molar-refractivity contribution in [3.63, 3.8) is 0 Å². The zero-order chi connectivity index (χ0) is 14.4. The van der Waals surface area contributed by atoms with E-state index in [1.807, 2.05) is 25.1 Å². The van der Waals surface area contributed by atoms with Gasteiger partial charge >= 0.3 is 5.97 Å². The molecule has 0 fully saturated rings. The second-order valence-electron chi connectivity index (χ2n) is 4.13. The molecule has 0 N–H and O–H groups in total. The van der Waals surface area contributed by atoms with Gasteiger partial charge < -0.3 is 4.74 Å². The molecule has 1 aromatic heterocycles. The Labute approximate surface area is 121 Å². The van der Waals surface area contributed by atoms with E-state index in [1.54, 1.807) is 17.1 Å². The molecule has 5 nitrogen and oxygen atoms in total. The summed E-state index contributed by atoms with van der Waals surface area (Å²) < 4.78 is 6.70. The third-order valence-electron chi connectivity index (χ3n) is 2.66. The lowest BCUT2D eigenvalue weighted by molar-refractivity contribution is -0.138. The Morgan fingerprint density at radius 3 is 2.95 bits per heavy atom. The summed E-state index contributed by atoms with van der Waals surface area (Å²) in [4.78, 5) is 15.5. The number of esters is 1. The van der Waals surface area contributed by atoms with Crippen molar-refractivity contribution < 1.29 is 9.53 Å². The van der Waals surface area contributed by atoms with Gasteiger partial charge in [-0.05, 0) is 24.1 Å². The summed E-state index contributed by atoms with van der Waals surface area (Å²) >= 11 is 6.06. The van der Waals surface area contributed by atoms with Crippen LogP contribution < -0.4 is 0 Å². The molecule has 0 amide bonds. The lowest BCUT2D eigenvalue weighted by Crippen LogP contribution is -2.10. The van der Waals surface area contributed by atoms with E-state index in [0.29, 0.717) is 11.6 Å². The molecule has 0 saturated heterocycles. The summed E-state index contributed by atoms with van der Waals surface area (Å²) in [5, 5.41) is 4.52. The summed E-state index contributed by atoms with van der Waals surface area (Å²) in [7, 11) is 0. The Bertz CT molecular complexity index is 609. The number of hydrogen-bond donors (Lipinski definition) is 0. The van der Waals surface area contributed by atoms with E-state index >= 15 is 0 Å². The fraction of sp³-hybridized carbons (Fsp3) is 0.214. The number of carbonyl (C=O) groups is 1. The second-order valence-corrected chi connectivity index (χ2v) is 4.54. The minimum absolute atomic E-state index is 0.245. The van der Waals surface area contributed by atoms with E-state index in [1.165, 1.54) is 12.4 Å². The van der Waals surface area contributed by atoms with E-state index in [2.05, 4.69) is 10.1 Å². The Balaban J connectivity index is 1.89. The predicted octanol–water partition coefficient (Wildman–Crippen LogP) is 2.58. The third-order valence-corrected chi connectivity index (χ3v) is 2.99. The molecule has 0 aliphatic carbocycles. The summed E-state index contributed by atoms with van der Waals surface area (Å²) in [6.07, 6.45) is 4.44. The first-order valence-corrected chi connectivity index (χ1v) is 6.47. The van der Waals surface area contributed by atoms with Crippen molar-refractivity contribution in [2.45, 2.75) is 13.5 Å². The van der Waals surface area contributed by atoms with Gasteiger partial charge in [0.15, 0.2) is 0 Å². The molecule has 104 valence electrons. The van der Waals surface area contributed by atoms with Crippen LogP contribution >= 0.6 is 11.6 Å². The maximum atomic E-state index is 11.7. The van der Waals surface area contributed by atoms with Crippen LogP contribution in [0.5, 0.6) is 0 Å². The van der Waals surface area contributed by atoms with E-state index in [0.717, 1.165) is 11.1 Å². The Kier molecular flexibility index (Phi) is 4.90. The van der Waals surface area contributed by atoms with Gasteiger partial charge in [-0.25, -0.2) is 14.5 Å². The molecule has 0 radical (unpaired) electrons. The number of carbonyl (C=O) groups excluding carboxylic acids is 1. The minimum Gasteiger partial charge on any atom is -0.461 e. The topological polar surface area (TPSA) is 57.0 Å². The van der Waals surface area contributed by atoms with Crippen LogP contribution in [0.15, 0.2) is 43.0 Å². The zero-order valence-corrected chi connectivity index (χ0v) is 11.7. The van der Waals surface area contributed by atoms with Gasteiger partial charge in [-0.15, -0.1) is 0 Å². The Morgan fingerprint density at radius 1 is 1.45 bits per heavy atom. The summed E-state index contributed by atoms with van der Waals surface area (Å²) in [5.74, 6) is -0.400. The van der Waals surface area contributed by atoms with Gasteiger partial charge in [0.25, 0.3) is 0 Å². The fourth-order valence-electron chi connectivity index (χ4n) is 1.67. The number of nitrogens with zero attached hydrogens (tertiary/aromatic N) is 3. The van der Waals surface area contributed by atoms with Crippen LogP contribution in [0.3, 0.4) is 0 Å². The summed E-state index contributed by atoms with van der Waals surface area (Å²) in [6.45, 7) is 2.54. The monoisotopic (exact) mass is 291 g/mol. The van der Waals surface area contributed by atoms with Crippen LogP contribution in [0, 0.1) is 0 Å². The average Bonchev–Trinajstić information content (AvgIpc) is 2.92. The van der Waals surface area contributed by atoms with Crippen molar-refractivity contribution in [2.75, 3.05) is 6.61 Å². The van der Waals surface area contributed by atoms with Gasteiger partial charge in [-0.2, -0.15) is 5.10 Å². The molecule has 1 heterocycles. The average molecular weight is 292 g/mol. The molecule has 2 rings (SSSR count). The van der Waals surface area contributed by atoms with Crippen LogP contribution in [0.1, 0.15) is 12.5 Å². The van der Waals surface area contributed by atoms with Crippen molar-refractivity contribution in [3.8, 4) is 0 Å². The molecule has 2 aromatic rings. The van der Waals surface area contributed by atoms with E-state index < -0.39 is 5.97 Å². The maximum absolute atomic E-state index is 11.7. The minimum atomic E-state index is -0.400. The smallest absolute Gasteiger partial charge is 0.331 e. The van der Waals surface area contributed by atoms with Gasteiger partial charge in [0, 0.05) is 11.1 Å². The number of ether oxygens (including phenoxy) is 1. The van der Waals surface area contributed by atoms with E-state index in [-0.39, 0.29) is 6.61 Å². The summed E-state index contributed by atoms with van der Waals surface area (Å²) in [6, 6.07) is 7.35. The highest BCUT2D eigenvalue weighted by Crippen LogP contribution is 2.22. The maximum Gasteiger partial charge on any atom is 0.331 e. The number of benzene rings is 1. The molecule has 0 saturated carbocycles. The van der Waals surface area contributed by atoms with Crippen LogP contribution in [0.4, 0.5) is 0 Å². The Hall–Kier alpha value is -2.14. The van der Waals surface area contributed by atoms with E-state index in [4.69, 9.17) is 16.3 Å². The van der Waals surface area contributed by atoms with Crippen molar-refractivity contribution >= 4 is 23.1 Å². The predicted molar refractivity (Wildman–Crippen MR) is 76.1 cm³/mol. The second kappa shape index (κ2) is 6.86. The van der Waals surface area contributed by atoms with Crippen molar-refractivity contribution in [1.29, 1.82) is 0 Å². The number of rotatable bonds is 5. The number of hydrogen-bond acceptors (Lipinski definition) is 4. The van der Waals surface area contributed by atoms with Gasteiger partial charge in [-0.1, -0.05) is 29.8 Å². The fourth-order valence-corrected chi connectivity index (χ4v) is 1.95. The number of allylic oxidation sites excluding steroid dienone is 1. The van der Waals surface area contributed by atoms with Crippen LogP contribution in [0.2, 0.25) is 5.02 Å². The quantitative estimate of drug-likeness (QED) is 0.627. The largest absolute Gasteiger partial charge is 0.461 e. The van der Waals surface area contributed by atoms with Gasteiger partial charge in [0.1, 0.15) is 19.3 Å². The molecule has 0 aliphatic rings. The first-order chi connectivity index (χ1) is 9.66. The third kappa shape index (κ3) is 3.93. The molecule has 20 heavy (non-hydrogen) atoms.